The van der Waals surface area contributed by atoms with Crippen LogP contribution in [0.25, 0.3) is 0 Å². The third kappa shape index (κ3) is 3.55. The lowest BCUT2D eigenvalue weighted by Gasteiger charge is -2.07. The molecule has 1 aromatic heterocycles. The summed E-state index contributed by atoms with van der Waals surface area (Å²) in [4.78, 5) is 16.2. The van der Waals surface area contributed by atoms with Gasteiger partial charge in [0.15, 0.2) is 0 Å². The Morgan fingerprint density at radius 3 is 2.89 bits per heavy atom. The predicted octanol–water partition coefficient (Wildman–Crippen LogP) is 3.04. The molecule has 98 valence electrons. The second kappa shape index (κ2) is 6.00. The maximum atomic E-state index is 12.1. The van der Waals surface area contributed by atoms with Crippen LogP contribution in [0.4, 0.5) is 5.69 Å². The monoisotopic (exact) mass is 256 g/mol. The summed E-state index contributed by atoms with van der Waals surface area (Å²) >= 11 is 0. The van der Waals surface area contributed by atoms with E-state index >= 15 is 0 Å². The number of rotatable bonds is 4. The summed E-state index contributed by atoms with van der Waals surface area (Å²) in [6.07, 6.45) is 1.67. The van der Waals surface area contributed by atoms with Crippen molar-refractivity contribution < 1.29 is 9.53 Å². The lowest BCUT2D eigenvalue weighted by Crippen LogP contribution is -2.12. The summed E-state index contributed by atoms with van der Waals surface area (Å²) in [6, 6.07) is 10.7. The molecule has 0 spiro atoms. The van der Waals surface area contributed by atoms with Crippen molar-refractivity contribution >= 4 is 11.6 Å². The van der Waals surface area contributed by atoms with Crippen LogP contribution in [-0.2, 0) is 0 Å². The average molecular weight is 256 g/mol. The van der Waals surface area contributed by atoms with E-state index < -0.39 is 0 Å². The van der Waals surface area contributed by atoms with Gasteiger partial charge < -0.3 is 10.1 Å². The highest BCUT2D eigenvalue weighted by molar-refractivity contribution is 6.04. The summed E-state index contributed by atoms with van der Waals surface area (Å²) in [6.45, 7) is 4.37. The van der Waals surface area contributed by atoms with Gasteiger partial charge in [0.2, 0.25) is 0 Å². The Labute approximate surface area is 112 Å². The molecule has 4 heteroatoms. The van der Waals surface area contributed by atoms with Gasteiger partial charge in [0.1, 0.15) is 5.75 Å². The van der Waals surface area contributed by atoms with E-state index in [-0.39, 0.29) is 5.91 Å². The third-order valence-electron chi connectivity index (χ3n) is 2.56. The molecule has 4 nitrogen and oxygen atoms in total. The standard InChI is InChI=1S/C15H16N2O2/c1-3-19-14-6-4-5-12(10-14)15(18)17-13-7-8-16-11(2)9-13/h4-10H,3H2,1-2H3,(H,16,17,18). The summed E-state index contributed by atoms with van der Waals surface area (Å²) in [5, 5.41) is 2.83. The van der Waals surface area contributed by atoms with Crippen LogP contribution in [0.5, 0.6) is 5.75 Å². The minimum absolute atomic E-state index is 0.160. The minimum atomic E-state index is -0.160. The van der Waals surface area contributed by atoms with Gasteiger partial charge in [-0.05, 0) is 44.2 Å². The maximum Gasteiger partial charge on any atom is 0.255 e. The zero-order chi connectivity index (χ0) is 13.7. The number of amides is 1. The molecule has 0 aliphatic heterocycles. The highest BCUT2D eigenvalue weighted by atomic mass is 16.5. The molecule has 1 aromatic carbocycles. The summed E-state index contributed by atoms with van der Waals surface area (Å²) in [5.74, 6) is 0.535. The van der Waals surface area contributed by atoms with E-state index in [9.17, 15) is 4.79 Å². The lowest BCUT2D eigenvalue weighted by molar-refractivity contribution is 0.102. The van der Waals surface area contributed by atoms with Crippen LogP contribution in [-0.4, -0.2) is 17.5 Å². The zero-order valence-corrected chi connectivity index (χ0v) is 11.0. The fourth-order valence-electron chi connectivity index (χ4n) is 1.72. The third-order valence-corrected chi connectivity index (χ3v) is 2.56. The molecule has 2 rings (SSSR count). The Hall–Kier alpha value is -2.36. The van der Waals surface area contributed by atoms with Crippen molar-refractivity contribution in [2.45, 2.75) is 13.8 Å². The Kier molecular flexibility index (Phi) is 4.13. The molecule has 0 bridgehead atoms. The first-order valence-electron chi connectivity index (χ1n) is 6.16. The molecule has 0 aliphatic carbocycles. The van der Waals surface area contributed by atoms with Gasteiger partial charge in [-0.2, -0.15) is 0 Å². The number of aryl methyl sites for hydroxylation is 1. The van der Waals surface area contributed by atoms with Gasteiger partial charge in [-0.1, -0.05) is 6.07 Å². The number of carbonyl (C=O) groups is 1. The molecule has 0 atom stereocenters. The van der Waals surface area contributed by atoms with E-state index in [1.807, 2.05) is 26.0 Å². The highest BCUT2D eigenvalue weighted by Crippen LogP contribution is 2.15. The van der Waals surface area contributed by atoms with Crippen LogP contribution in [0.1, 0.15) is 23.0 Å². The number of ether oxygens (including phenoxy) is 1. The van der Waals surface area contributed by atoms with E-state index in [0.717, 1.165) is 11.4 Å². The van der Waals surface area contributed by atoms with Crippen molar-refractivity contribution in [3.63, 3.8) is 0 Å². The van der Waals surface area contributed by atoms with Crippen molar-refractivity contribution in [1.82, 2.24) is 4.98 Å². The van der Waals surface area contributed by atoms with E-state index in [2.05, 4.69) is 10.3 Å². The summed E-state index contributed by atoms with van der Waals surface area (Å²) in [7, 11) is 0. The van der Waals surface area contributed by atoms with Crippen molar-refractivity contribution in [1.29, 1.82) is 0 Å². The molecule has 2 aromatic rings. The SMILES string of the molecule is CCOc1cccc(C(=O)Nc2ccnc(C)c2)c1. The Morgan fingerprint density at radius 2 is 2.16 bits per heavy atom. The van der Waals surface area contributed by atoms with Crippen LogP contribution < -0.4 is 10.1 Å². The Bertz CT molecular complexity index is 582. The molecule has 0 fully saturated rings. The van der Waals surface area contributed by atoms with Crippen molar-refractivity contribution in [3.05, 3.63) is 53.9 Å². The number of anilines is 1. The quantitative estimate of drug-likeness (QED) is 0.914. The second-order valence-electron chi connectivity index (χ2n) is 4.10. The maximum absolute atomic E-state index is 12.1. The number of aromatic nitrogens is 1. The molecule has 1 amide bonds. The second-order valence-corrected chi connectivity index (χ2v) is 4.10. The highest BCUT2D eigenvalue weighted by Gasteiger charge is 2.07. The zero-order valence-electron chi connectivity index (χ0n) is 11.0. The summed E-state index contributed by atoms with van der Waals surface area (Å²) < 4.78 is 5.38. The molecule has 19 heavy (non-hydrogen) atoms. The van der Waals surface area contributed by atoms with Gasteiger partial charge in [-0.15, -0.1) is 0 Å². The molecular weight excluding hydrogens is 240 g/mol. The molecule has 0 radical (unpaired) electrons. The van der Waals surface area contributed by atoms with Crippen LogP contribution >= 0.6 is 0 Å². The molecule has 0 unspecified atom stereocenters. The molecule has 1 N–H and O–H groups in total. The van der Waals surface area contributed by atoms with Gasteiger partial charge in [-0.3, -0.25) is 9.78 Å². The van der Waals surface area contributed by atoms with Gasteiger partial charge >= 0.3 is 0 Å². The first-order chi connectivity index (χ1) is 9.19. The fraction of sp³-hybridized carbons (Fsp3) is 0.200. The van der Waals surface area contributed by atoms with Crippen LogP contribution in [0.2, 0.25) is 0 Å². The van der Waals surface area contributed by atoms with Crippen molar-refractivity contribution in [2.75, 3.05) is 11.9 Å². The van der Waals surface area contributed by atoms with E-state index in [1.165, 1.54) is 0 Å². The first kappa shape index (κ1) is 13.1. The number of pyridine rings is 1. The van der Waals surface area contributed by atoms with Gasteiger partial charge in [0, 0.05) is 23.1 Å². The largest absolute Gasteiger partial charge is 0.494 e. The lowest BCUT2D eigenvalue weighted by atomic mass is 10.2. The minimum Gasteiger partial charge on any atom is -0.494 e. The number of benzene rings is 1. The average Bonchev–Trinajstić information content (AvgIpc) is 2.39. The predicted molar refractivity (Wildman–Crippen MR) is 74.5 cm³/mol. The smallest absolute Gasteiger partial charge is 0.255 e. The van der Waals surface area contributed by atoms with Crippen molar-refractivity contribution in [3.8, 4) is 5.75 Å². The number of hydrogen-bond donors (Lipinski definition) is 1. The van der Waals surface area contributed by atoms with E-state index in [4.69, 9.17) is 4.74 Å². The number of hydrogen-bond acceptors (Lipinski definition) is 3. The molecule has 0 aliphatic rings. The molecular formula is C15H16N2O2. The van der Waals surface area contributed by atoms with Gasteiger partial charge in [0.25, 0.3) is 5.91 Å². The Morgan fingerprint density at radius 1 is 1.32 bits per heavy atom. The molecule has 1 heterocycles. The van der Waals surface area contributed by atoms with E-state index in [0.29, 0.717) is 17.9 Å². The van der Waals surface area contributed by atoms with Crippen LogP contribution in [0.3, 0.4) is 0 Å². The van der Waals surface area contributed by atoms with Crippen LogP contribution in [0, 0.1) is 6.92 Å². The number of nitrogens with zero attached hydrogens (tertiary/aromatic N) is 1. The van der Waals surface area contributed by atoms with Gasteiger partial charge in [0.05, 0.1) is 6.61 Å². The van der Waals surface area contributed by atoms with E-state index in [1.54, 1.807) is 30.5 Å². The normalized spacial score (nSPS) is 10.0. The number of carbonyl (C=O) groups excluding carboxylic acids is 1. The number of nitrogens with one attached hydrogen (secondary N) is 1. The Balaban J connectivity index is 2.13. The molecule has 0 saturated heterocycles. The van der Waals surface area contributed by atoms with Crippen molar-refractivity contribution in [2.24, 2.45) is 0 Å². The summed E-state index contributed by atoms with van der Waals surface area (Å²) in [5.41, 5.74) is 2.17. The topological polar surface area (TPSA) is 51.2 Å². The van der Waals surface area contributed by atoms with Gasteiger partial charge in [-0.25, -0.2) is 0 Å². The fourth-order valence-corrected chi connectivity index (χ4v) is 1.72. The first-order valence-corrected chi connectivity index (χ1v) is 6.16. The molecule has 0 saturated carbocycles. The van der Waals surface area contributed by atoms with Crippen LogP contribution in [0.15, 0.2) is 42.6 Å².